The molecule has 0 aromatic heterocycles. The van der Waals surface area contributed by atoms with Gasteiger partial charge in [-0.2, -0.15) is 0 Å². The number of halogens is 2. The average molecular weight is 521 g/mol. The molecule has 3 aromatic carbocycles. The number of ether oxygens (including phenoxy) is 1. The monoisotopic (exact) mass is 520 g/mol. The van der Waals surface area contributed by atoms with Crippen molar-refractivity contribution in [3.05, 3.63) is 94.6 Å². The molecule has 1 saturated heterocycles. The molecule has 1 aliphatic rings. The van der Waals surface area contributed by atoms with Crippen LogP contribution in [0.3, 0.4) is 0 Å². The van der Waals surface area contributed by atoms with Crippen LogP contribution in [0, 0.1) is 18.6 Å². The van der Waals surface area contributed by atoms with Gasteiger partial charge in [-0.15, -0.1) is 0 Å². The third-order valence-electron chi connectivity index (χ3n) is 6.70. The summed E-state index contributed by atoms with van der Waals surface area (Å²) in [5.41, 5.74) is 1.82. The van der Waals surface area contributed by atoms with Gasteiger partial charge in [0.05, 0.1) is 23.9 Å². The maximum atomic E-state index is 14.9. The zero-order valence-electron chi connectivity index (χ0n) is 21.8. The van der Waals surface area contributed by atoms with E-state index < -0.39 is 35.1 Å². The molecule has 0 radical (unpaired) electrons. The molecule has 1 unspecified atom stereocenters. The molecule has 38 heavy (non-hydrogen) atoms. The maximum absolute atomic E-state index is 14.9. The highest BCUT2D eigenvalue weighted by Gasteiger charge is 2.47. The third kappa shape index (κ3) is 4.86. The van der Waals surface area contributed by atoms with Gasteiger partial charge >= 0.3 is 0 Å². The molecular weight excluding hydrogens is 490 g/mol. The lowest BCUT2D eigenvalue weighted by atomic mass is 9.94. The lowest BCUT2D eigenvalue weighted by Gasteiger charge is -2.27. The molecule has 6 nitrogen and oxygen atoms in total. The predicted molar refractivity (Wildman–Crippen MR) is 143 cm³/mol. The molecule has 1 fully saturated rings. The van der Waals surface area contributed by atoms with E-state index in [1.165, 1.54) is 0 Å². The Labute approximate surface area is 220 Å². The van der Waals surface area contributed by atoms with Crippen LogP contribution in [-0.4, -0.2) is 36.5 Å². The highest BCUT2D eigenvalue weighted by molar-refractivity contribution is 6.51. The molecule has 4 rings (SSSR count). The first-order valence-corrected chi connectivity index (χ1v) is 12.6. The number of ketones is 1. The normalized spacial score (nSPS) is 16.7. The summed E-state index contributed by atoms with van der Waals surface area (Å²) >= 11 is 0. The maximum Gasteiger partial charge on any atom is 0.300 e. The molecule has 1 N–H and O–H groups in total. The highest BCUT2D eigenvalue weighted by atomic mass is 19.1. The number of Topliss-reactive ketones (excluding diaryl/α,β-unsaturated/α-hetero) is 1. The number of carbonyl (C=O) groups excluding carboxylic acids is 2. The first kappa shape index (κ1) is 26.9. The van der Waals surface area contributed by atoms with E-state index >= 15 is 0 Å². The first-order chi connectivity index (χ1) is 18.2. The Morgan fingerprint density at radius 1 is 0.974 bits per heavy atom. The van der Waals surface area contributed by atoms with E-state index in [2.05, 4.69) is 4.90 Å². The molecule has 1 heterocycles. The fourth-order valence-electron chi connectivity index (χ4n) is 4.79. The van der Waals surface area contributed by atoms with Crippen LogP contribution in [-0.2, 0) is 9.59 Å². The predicted octanol–water partition coefficient (Wildman–Crippen LogP) is 6.14. The van der Waals surface area contributed by atoms with Crippen molar-refractivity contribution in [2.45, 2.75) is 33.7 Å². The Balaban J connectivity index is 1.92. The molecule has 8 heteroatoms. The van der Waals surface area contributed by atoms with Crippen molar-refractivity contribution in [2.75, 3.05) is 29.5 Å². The number of benzene rings is 3. The van der Waals surface area contributed by atoms with Crippen LogP contribution < -0.4 is 14.5 Å². The topological polar surface area (TPSA) is 70.1 Å². The van der Waals surface area contributed by atoms with Crippen molar-refractivity contribution >= 4 is 28.8 Å². The molecule has 0 bridgehead atoms. The highest BCUT2D eigenvalue weighted by Crippen LogP contribution is 2.43. The number of aryl methyl sites for hydroxylation is 1. The molecule has 0 saturated carbocycles. The van der Waals surface area contributed by atoms with Crippen molar-refractivity contribution in [3.8, 4) is 5.75 Å². The second-order valence-corrected chi connectivity index (χ2v) is 8.94. The molecular formula is C30H30F2N2O4. The van der Waals surface area contributed by atoms with E-state index in [0.717, 1.165) is 47.4 Å². The summed E-state index contributed by atoms with van der Waals surface area (Å²) in [6, 6.07) is 13.6. The summed E-state index contributed by atoms with van der Waals surface area (Å²) in [4.78, 5) is 29.7. The van der Waals surface area contributed by atoms with E-state index in [0.29, 0.717) is 23.5 Å². The number of rotatable bonds is 8. The number of amides is 1. The van der Waals surface area contributed by atoms with Crippen LogP contribution in [0.5, 0.6) is 5.75 Å². The largest absolute Gasteiger partial charge is 0.507 e. The number of aliphatic hydroxyl groups excluding tert-OH is 1. The zero-order chi connectivity index (χ0) is 27.6. The second-order valence-electron chi connectivity index (χ2n) is 8.94. The summed E-state index contributed by atoms with van der Waals surface area (Å²) < 4.78 is 34.7. The molecule has 3 aromatic rings. The summed E-state index contributed by atoms with van der Waals surface area (Å²) in [6.07, 6.45) is 0. The fraction of sp³-hybridized carbons (Fsp3) is 0.267. The van der Waals surface area contributed by atoms with Gasteiger partial charge in [-0.3, -0.25) is 14.5 Å². The van der Waals surface area contributed by atoms with Crippen LogP contribution in [0.2, 0.25) is 0 Å². The van der Waals surface area contributed by atoms with Gasteiger partial charge in [0.1, 0.15) is 23.1 Å². The quantitative estimate of drug-likeness (QED) is 0.219. The lowest BCUT2D eigenvalue weighted by Crippen LogP contribution is -2.30. The Morgan fingerprint density at radius 2 is 1.66 bits per heavy atom. The van der Waals surface area contributed by atoms with Crippen LogP contribution in [0.4, 0.5) is 20.2 Å². The molecule has 1 amide bonds. The van der Waals surface area contributed by atoms with E-state index in [9.17, 15) is 23.5 Å². The third-order valence-corrected chi connectivity index (χ3v) is 6.70. The number of aliphatic hydroxyl groups is 1. The molecule has 1 atom stereocenters. The van der Waals surface area contributed by atoms with Gasteiger partial charge in [0, 0.05) is 30.4 Å². The van der Waals surface area contributed by atoms with E-state index in [1.807, 2.05) is 32.9 Å². The minimum atomic E-state index is -1.18. The molecule has 0 spiro atoms. The van der Waals surface area contributed by atoms with Crippen molar-refractivity contribution in [1.29, 1.82) is 0 Å². The minimum Gasteiger partial charge on any atom is -0.507 e. The second kappa shape index (κ2) is 11.0. The number of hydrogen-bond donors (Lipinski definition) is 1. The van der Waals surface area contributed by atoms with E-state index in [-0.39, 0.29) is 11.3 Å². The molecule has 198 valence electrons. The SMILES string of the molecule is CCOc1ccc(/C(O)=C2\C(=O)C(=O)N(c3cc(F)ccc3F)C2c2ccc(N(CC)CC)cc2)cc1C. The van der Waals surface area contributed by atoms with Crippen LogP contribution in [0.1, 0.15) is 43.5 Å². The van der Waals surface area contributed by atoms with E-state index in [1.54, 1.807) is 37.3 Å². The average Bonchev–Trinajstić information content (AvgIpc) is 3.17. The van der Waals surface area contributed by atoms with E-state index in [4.69, 9.17) is 4.74 Å². The molecule has 1 aliphatic heterocycles. The van der Waals surface area contributed by atoms with Gasteiger partial charge in [0.15, 0.2) is 0 Å². The summed E-state index contributed by atoms with van der Waals surface area (Å²) in [7, 11) is 0. The smallest absolute Gasteiger partial charge is 0.300 e. The Bertz CT molecular complexity index is 1400. The lowest BCUT2D eigenvalue weighted by molar-refractivity contribution is -0.132. The number of hydrogen-bond acceptors (Lipinski definition) is 5. The number of anilines is 2. The van der Waals surface area contributed by atoms with Gasteiger partial charge in [0.2, 0.25) is 0 Å². The Hall–Kier alpha value is -4.20. The minimum absolute atomic E-state index is 0.210. The standard InChI is InChI=1S/C30H30F2N2O4/c1-5-33(6-2)22-12-8-19(9-13-22)27-26(28(35)20-10-15-25(38-7-3)18(4)16-20)29(36)30(37)34(27)24-17-21(31)11-14-23(24)32/h8-17,27,35H,5-7H2,1-4H3/b28-26+. The zero-order valence-corrected chi connectivity index (χ0v) is 21.8. The van der Waals surface area contributed by atoms with Crippen LogP contribution >= 0.6 is 0 Å². The summed E-state index contributed by atoms with van der Waals surface area (Å²) in [5.74, 6) is -3.47. The molecule has 0 aliphatic carbocycles. The van der Waals surface area contributed by atoms with Crippen molar-refractivity contribution < 1.29 is 28.2 Å². The van der Waals surface area contributed by atoms with Crippen LogP contribution in [0.25, 0.3) is 5.76 Å². The Kier molecular flexibility index (Phi) is 7.80. The summed E-state index contributed by atoms with van der Waals surface area (Å²) in [5, 5.41) is 11.4. The van der Waals surface area contributed by atoms with Gasteiger partial charge in [-0.05, 0) is 81.3 Å². The van der Waals surface area contributed by atoms with Gasteiger partial charge in [-0.1, -0.05) is 12.1 Å². The van der Waals surface area contributed by atoms with Crippen molar-refractivity contribution in [2.24, 2.45) is 0 Å². The number of carbonyl (C=O) groups is 2. The first-order valence-electron chi connectivity index (χ1n) is 12.6. The fourth-order valence-corrected chi connectivity index (χ4v) is 4.79. The van der Waals surface area contributed by atoms with Gasteiger partial charge < -0.3 is 14.7 Å². The van der Waals surface area contributed by atoms with Crippen LogP contribution in [0.15, 0.2) is 66.2 Å². The van der Waals surface area contributed by atoms with Gasteiger partial charge in [0.25, 0.3) is 11.7 Å². The van der Waals surface area contributed by atoms with Crippen molar-refractivity contribution in [1.82, 2.24) is 0 Å². The van der Waals surface area contributed by atoms with Crippen molar-refractivity contribution in [3.63, 3.8) is 0 Å². The number of nitrogens with zero attached hydrogens (tertiary/aromatic N) is 2. The summed E-state index contributed by atoms with van der Waals surface area (Å²) in [6.45, 7) is 9.72. The van der Waals surface area contributed by atoms with Gasteiger partial charge in [-0.25, -0.2) is 8.78 Å². The Morgan fingerprint density at radius 3 is 2.26 bits per heavy atom.